The van der Waals surface area contributed by atoms with Crippen molar-refractivity contribution in [2.45, 2.75) is 17.5 Å². The lowest BCUT2D eigenvalue weighted by Gasteiger charge is -2.20. The summed E-state index contributed by atoms with van der Waals surface area (Å²) in [5.41, 5.74) is -0.766. The second-order valence-corrected chi connectivity index (χ2v) is 8.23. The average molecular weight is 473 g/mol. The Hall–Kier alpha value is -2.72. The highest BCUT2D eigenvalue weighted by atomic mass is 32.2. The van der Waals surface area contributed by atoms with Gasteiger partial charge in [-0.2, -0.15) is 13.2 Å². The summed E-state index contributed by atoms with van der Waals surface area (Å²) in [5.74, 6) is -0.691. The number of likely N-dealkylation sites (N-methyl/N-ethyl adjacent to an activating group) is 1. The highest BCUT2D eigenvalue weighted by Crippen LogP contribution is 2.42. The van der Waals surface area contributed by atoms with E-state index in [0.29, 0.717) is 18.5 Å². The number of halogens is 3. The Morgan fingerprint density at radius 1 is 1.28 bits per heavy atom. The maximum Gasteiger partial charge on any atom is 0.417 e. The molecular formula is C22H25F3N4O2S. The predicted octanol–water partition coefficient (Wildman–Crippen LogP) is 4.31. The first-order valence-corrected chi connectivity index (χ1v) is 11.0. The van der Waals surface area contributed by atoms with E-state index < -0.39 is 29.7 Å². The lowest BCUT2D eigenvalue weighted by Crippen LogP contribution is -2.34. The van der Waals surface area contributed by atoms with Crippen molar-refractivity contribution in [3.8, 4) is 0 Å². The number of benzene rings is 2. The zero-order chi connectivity index (χ0) is 26.1. The number of amides is 3. The summed E-state index contributed by atoms with van der Waals surface area (Å²) < 4.78 is 65.1. The maximum absolute atomic E-state index is 13.5. The van der Waals surface area contributed by atoms with Crippen molar-refractivity contribution in [3.63, 3.8) is 0 Å². The van der Waals surface area contributed by atoms with Gasteiger partial charge in [-0.05, 0) is 62.6 Å². The van der Waals surface area contributed by atoms with E-state index in [0.717, 1.165) is 28.8 Å². The molecule has 0 aromatic heterocycles. The Morgan fingerprint density at radius 3 is 2.69 bits per heavy atom. The van der Waals surface area contributed by atoms with Gasteiger partial charge in [0.1, 0.15) is 0 Å². The Labute approximate surface area is 193 Å². The molecule has 0 aliphatic carbocycles. The fraction of sp³-hybridized carbons (Fsp3) is 0.364. The molecule has 1 aliphatic rings. The molecule has 0 saturated heterocycles. The summed E-state index contributed by atoms with van der Waals surface area (Å²) in [5, 5.41) is 5.00. The molecule has 0 atom stereocenters. The summed E-state index contributed by atoms with van der Waals surface area (Å²) in [6.07, 6.45) is -2.70. The zero-order valence-corrected chi connectivity index (χ0v) is 18.6. The molecule has 3 amide bonds. The molecule has 3 rings (SSSR count). The fourth-order valence-electron chi connectivity index (χ4n) is 3.24. The van der Waals surface area contributed by atoms with Crippen LogP contribution >= 0.6 is 11.8 Å². The van der Waals surface area contributed by atoms with Crippen molar-refractivity contribution in [1.82, 2.24) is 10.2 Å². The predicted molar refractivity (Wildman–Crippen MR) is 121 cm³/mol. The number of fused-ring (bicyclic) bond motifs is 1. The first-order chi connectivity index (χ1) is 16.3. The Morgan fingerprint density at radius 2 is 2.03 bits per heavy atom. The number of alkyl halides is 3. The van der Waals surface area contributed by atoms with Crippen molar-refractivity contribution in [1.29, 1.82) is 0 Å². The van der Waals surface area contributed by atoms with Crippen LogP contribution in [-0.2, 0) is 12.6 Å². The van der Waals surface area contributed by atoms with Crippen LogP contribution in [0.4, 0.5) is 29.3 Å². The van der Waals surface area contributed by atoms with E-state index >= 15 is 0 Å². The monoisotopic (exact) mass is 472 g/mol. The van der Waals surface area contributed by atoms with Crippen LogP contribution in [0, 0.1) is 0 Å². The van der Waals surface area contributed by atoms with Crippen LogP contribution < -0.4 is 15.5 Å². The van der Waals surface area contributed by atoms with Crippen molar-refractivity contribution >= 4 is 35.1 Å². The van der Waals surface area contributed by atoms with Crippen LogP contribution in [0.3, 0.4) is 0 Å². The summed E-state index contributed by atoms with van der Waals surface area (Å²) in [6, 6.07) is 1.37. The third-order valence-corrected chi connectivity index (χ3v) is 5.61. The molecular weight excluding hydrogens is 441 g/mol. The molecule has 0 fully saturated rings. The van der Waals surface area contributed by atoms with Gasteiger partial charge >= 0.3 is 12.2 Å². The third kappa shape index (κ3) is 5.55. The van der Waals surface area contributed by atoms with Crippen molar-refractivity contribution in [2.24, 2.45) is 0 Å². The van der Waals surface area contributed by atoms with Gasteiger partial charge in [0.05, 0.1) is 9.68 Å². The van der Waals surface area contributed by atoms with Gasteiger partial charge in [-0.25, -0.2) is 4.79 Å². The first kappa shape index (κ1) is 19.9. The minimum absolute atomic E-state index is 0.0661. The van der Waals surface area contributed by atoms with Gasteiger partial charge in [-0.1, -0.05) is 6.07 Å². The summed E-state index contributed by atoms with van der Waals surface area (Å²) in [7, 11) is 3.63. The third-order valence-electron chi connectivity index (χ3n) is 4.83. The van der Waals surface area contributed by atoms with Gasteiger partial charge in [0.2, 0.25) is 0 Å². The number of anilines is 2. The Kier molecular flexibility index (Phi) is 6.12. The van der Waals surface area contributed by atoms with Gasteiger partial charge < -0.3 is 15.5 Å². The van der Waals surface area contributed by atoms with Gasteiger partial charge in [0, 0.05) is 41.5 Å². The topological polar surface area (TPSA) is 64.7 Å². The quantitative estimate of drug-likeness (QED) is 0.615. The van der Waals surface area contributed by atoms with Crippen LogP contribution in [0.15, 0.2) is 41.2 Å². The molecule has 0 spiro atoms. The molecule has 10 heteroatoms. The van der Waals surface area contributed by atoms with Crippen LogP contribution in [0.25, 0.3) is 0 Å². The molecule has 0 radical (unpaired) electrons. The van der Waals surface area contributed by atoms with Crippen molar-refractivity contribution < 1.29 is 26.9 Å². The fourth-order valence-corrected chi connectivity index (χ4v) is 3.89. The number of hydrogen-bond donors (Lipinski definition) is 2. The van der Waals surface area contributed by atoms with Gasteiger partial charge in [0.25, 0.3) is 5.91 Å². The average Bonchev–Trinajstić information content (AvgIpc) is 3.17. The lowest BCUT2D eigenvalue weighted by atomic mass is 10.1. The van der Waals surface area contributed by atoms with Gasteiger partial charge in [-0.3, -0.25) is 9.69 Å². The standard InChI is InChI=1S/C22H25F3N4O2S/c1-28(2)10-8-26-20(30)15-5-4-6-16(11-15)27-21(31)29-9-7-14-12-19(32-3)17(13-18(14)29)22(23,24)25/h4-6,11-13H,7-10H2,1-3H3,(H,26,30)(H,27,31)/i5T,6T,11T. The largest absolute Gasteiger partial charge is 0.417 e. The number of thioether (sulfide) groups is 1. The van der Waals surface area contributed by atoms with Gasteiger partial charge in [-0.15, -0.1) is 11.8 Å². The summed E-state index contributed by atoms with van der Waals surface area (Å²) in [4.78, 5) is 28.6. The van der Waals surface area contributed by atoms with E-state index in [4.69, 9.17) is 4.11 Å². The number of nitrogens with one attached hydrogen (secondary N) is 2. The number of carbonyl (C=O) groups excluding carboxylic acids is 2. The van der Waals surface area contributed by atoms with E-state index in [-0.39, 0.29) is 47.0 Å². The molecule has 2 aromatic carbocycles. The Bertz CT molecular complexity index is 1160. The van der Waals surface area contributed by atoms with E-state index in [1.54, 1.807) is 6.26 Å². The van der Waals surface area contributed by atoms with Gasteiger partial charge in [0.15, 0.2) is 0 Å². The lowest BCUT2D eigenvalue weighted by molar-refractivity contribution is -0.139. The molecule has 0 unspecified atom stereocenters. The molecule has 2 aromatic rings. The van der Waals surface area contributed by atoms with Crippen LogP contribution in [0.5, 0.6) is 0 Å². The van der Waals surface area contributed by atoms with Crippen LogP contribution in [-0.4, -0.2) is 56.8 Å². The van der Waals surface area contributed by atoms with Crippen LogP contribution in [0.2, 0.25) is 0 Å². The number of nitrogens with zero attached hydrogens (tertiary/aromatic N) is 2. The molecule has 32 heavy (non-hydrogen) atoms. The highest BCUT2D eigenvalue weighted by Gasteiger charge is 2.36. The molecule has 1 heterocycles. The highest BCUT2D eigenvalue weighted by molar-refractivity contribution is 7.98. The second kappa shape index (κ2) is 9.83. The van der Waals surface area contributed by atoms with Crippen molar-refractivity contribution in [3.05, 3.63) is 53.0 Å². The SMILES string of the molecule is [3H]c1cc([3H])c(C(=O)NCCN(C)C)c([3H])c1NC(=O)N1CCc2cc(SC)c(C(F)(F)F)cc21. The normalized spacial score (nSPS) is 14.6. The molecule has 0 bridgehead atoms. The smallest absolute Gasteiger partial charge is 0.351 e. The maximum atomic E-state index is 13.5. The van der Waals surface area contributed by atoms with Crippen molar-refractivity contribution in [2.75, 3.05) is 50.2 Å². The van der Waals surface area contributed by atoms with E-state index in [1.165, 1.54) is 6.07 Å². The van der Waals surface area contributed by atoms with Crippen LogP contribution in [0.1, 0.15) is 25.6 Å². The molecule has 6 nitrogen and oxygen atoms in total. The summed E-state index contributed by atoms with van der Waals surface area (Å²) in [6.45, 7) is 0.906. The molecule has 0 saturated carbocycles. The molecule has 172 valence electrons. The zero-order valence-electron chi connectivity index (χ0n) is 20.8. The van der Waals surface area contributed by atoms with E-state index in [2.05, 4.69) is 10.6 Å². The molecule has 1 aliphatic heterocycles. The first-order valence-electron chi connectivity index (χ1n) is 11.3. The number of hydrogen-bond acceptors (Lipinski definition) is 4. The minimum Gasteiger partial charge on any atom is -0.351 e. The summed E-state index contributed by atoms with van der Waals surface area (Å²) >= 11 is 0.970. The second-order valence-electron chi connectivity index (χ2n) is 7.38. The molecule has 2 N–H and O–H groups in total. The van der Waals surface area contributed by atoms with E-state index in [1.807, 2.05) is 19.0 Å². The number of urea groups is 1. The Balaban J connectivity index is 1.90. The minimum atomic E-state index is -4.60. The number of carbonyl (C=O) groups is 2. The van der Waals surface area contributed by atoms with E-state index in [9.17, 15) is 22.8 Å². The number of rotatable bonds is 6.